The minimum Gasteiger partial charge on any atom is -0.453 e. The van der Waals surface area contributed by atoms with Crippen LogP contribution in [0.4, 0.5) is 8.78 Å². The highest BCUT2D eigenvalue weighted by Crippen LogP contribution is 2.33. The number of ether oxygens (including phenoxy) is 1. The lowest BCUT2D eigenvalue weighted by molar-refractivity contribution is -0.237. The number of fused-ring (bicyclic) bond motifs is 1. The van der Waals surface area contributed by atoms with E-state index < -0.39 is 30.1 Å². The fourth-order valence-corrected chi connectivity index (χ4v) is 3.53. The topological polar surface area (TPSA) is 97.1 Å². The maximum atomic E-state index is 14.2. The van der Waals surface area contributed by atoms with E-state index in [0.29, 0.717) is 23.5 Å². The maximum Gasteiger partial charge on any atom is 0.361 e. The van der Waals surface area contributed by atoms with Gasteiger partial charge in [-0.25, -0.2) is 13.6 Å². The van der Waals surface area contributed by atoms with Gasteiger partial charge in [-0.15, -0.1) is 0 Å². The van der Waals surface area contributed by atoms with Crippen LogP contribution in [-0.4, -0.2) is 43.5 Å². The molecule has 0 spiro atoms. The number of hydrogen-bond donors (Lipinski definition) is 2. The molecular formula is C22H23F2N3O5. The number of hydrogen-bond acceptors (Lipinski definition) is 7. The van der Waals surface area contributed by atoms with E-state index in [0.717, 1.165) is 17.2 Å². The summed E-state index contributed by atoms with van der Waals surface area (Å²) < 4.78 is 34.8. The summed E-state index contributed by atoms with van der Waals surface area (Å²) in [5, 5.41) is 25.7. The highest BCUT2D eigenvalue weighted by molar-refractivity contribution is 5.97. The number of nitrogens with zero attached hydrogens (tertiary/aromatic N) is 3. The van der Waals surface area contributed by atoms with E-state index in [1.54, 1.807) is 10.9 Å². The Bertz CT molecular complexity index is 1140. The molecule has 1 fully saturated rings. The van der Waals surface area contributed by atoms with E-state index in [1.165, 1.54) is 12.1 Å². The van der Waals surface area contributed by atoms with Crippen LogP contribution in [-0.2, 0) is 11.4 Å². The zero-order chi connectivity index (χ0) is 23.0. The fraction of sp³-hybridized carbons (Fsp3) is 0.364. The average Bonchev–Trinajstić information content (AvgIpc) is 3.26. The van der Waals surface area contributed by atoms with Gasteiger partial charge in [-0.3, -0.25) is 4.68 Å². The van der Waals surface area contributed by atoms with Gasteiger partial charge in [0.05, 0.1) is 11.7 Å². The predicted molar refractivity (Wildman–Crippen MR) is 110 cm³/mol. The van der Waals surface area contributed by atoms with Crippen molar-refractivity contribution in [1.29, 1.82) is 0 Å². The van der Waals surface area contributed by atoms with Gasteiger partial charge in [-0.1, -0.05) is 18.9 Å². The van der Waals surface area contributed by atoms with Crippen molar-refractivity contribution in [2.75, 3.05) is 0 Å². The molecule has 2 unspecified atom stereocenters. The van der Waals surface area contributed by atoms with Gasteiger partial charge in [0.2, 0.25) is 0 Å². The van der Waals surface area contributed by atoms with E-state index >= 15 is 0 Å². The Morgan fingerprint density at radius 2 is 1.88 bits per heavy atom. The van der Waals surface area contributed by atoms with Gasteiger partial charge in [0.25, 0.3) is 0 Å². The van der Waals surface area contributed by atoms with Crippen LogP contribution in [0.25, 0.3) is 10.9 Å². The van der Waals surface area contributed by atoms with E-state index in [4.69, 9.17) is 9.57 Å². The van der Waals surface area contributed by atoms with Crippen molar-refractivity contribution in [3.63, 3.8) is 0 Å². The van der Waals surface area contributed by atoms with E-state index in [-0.39, 0.29) is 35.8 Å². The molecule has 1 saturated heterocycles. The fourth-order valence-electron chi connectivity index (χ4n) is 3.53. The zero-order valence-electron chi connectivity index (χ0n) is 17.5. The molecule has 1 aliphatic heterocycles. The number of benzene rings is 2. The predicted octanol–water partition coefficient (Wildman–Crippen LogP) is 3.57. The van der Waals surface area contributed by atoms with Crippen LogP contribution < -0.4 is 4.74 Å². The summed E-state index contributed by atoms with van der Waals surface area (Å²) in [4.78, 5) is 18.2. The zero-order valence-corrected chi connectivity index (χ0v) is 17.5. The molecule has 170 valence electrons. The Hall–Kier alpha value is -3.08. The molecule has 0 amide bonds. The maximum absolute atomic E-state index is 14.2. The minimum absolute atomic E-state index is 0.0414. The molecular weight excluding hydrogens is 424 g/mol. The Morgan fingerprint density at radius 3 is 2.53 bits per heavy atom. The molecule has 32 heavy (non-hydrogen) atoms. The molecule has 2 N–H and O–H groups in total. The largest absolute Gasteiger partial charge is 0.453 e. The molecule has 0 radical (unpaired) electrons. The second-order valence-corrected chi connectivity index (χ2v) is 8.08. The average molecular weight is 447 g/mol. The van der Waals surface area contributed by atoms with Crippen LogP contribution in [0.2, 0.25) is 0 Å². The van der Waals surface area contributed by atoms with Gasteiger partial charge >= 0.3 is 5.97 Å². The monoisotopic (exact) mass is 447 g/mol. The smallest absolute Gasteiger partial charge is 0.361 e. The minimum atomic E-state index is -1.15. The molecule has 1 aromatic heterocycles. The van der Waals surface area contributed by atoms with Crippen molar-refractivity contribution >= 4 is 16.9 Å². The Morgan fingerprint density at radius 1 is 1.16 bits per heavy atom. The quantitative estimate of drug-likeness (QED) is 0.596. The molecule has 2 heterocycles. The lowest BCUT2D eigenvalue weighted by Crippen LogP contribution is -2.37. The summed E-state index contributed by atoms with van der Waals surface area (Å²) in [7, 11) is 0. The number of carbonyl (C=O) groups excluding carboxylic acids is 1. The van der Waals surface area contributed by atoms with Crippen molar-refractivity contribution in [2.45, 2.75) is 45.7 Å². The highest BCUT2D eigenvalue weighted by atomic mass is 19.1. The molecule has 0 aliphatic carbocycles. The molecule has 2 atom stereocenters. The van der Waals surface area contributed by atoms with Gasteiger partial charge in [-0.2, -0.15) is 5.10 Å². The second-order valence-electron chi connectivity index (χ2n) is 8.08. The van der Waals surface area contributed by atoms with Crippen molar-refractivity contribution in [3.05, 3.63) is 53.7 Å². The van der Waals surface area contributed by atoms with E-state index in [9.17, 15) is 23.8 Å². The number of carbonyl (C=O) groups is 1. The van der Waals surface area contributed by atoms with Crippen molar-refractivity contribution in [3.8, 4) is 11.5 Å². The molecule has 4 rings (SSSR count). The summed E-state index contributed by atoms with van der Waals surface area (Å²) in [6, 6.07) is 5.82. The van der Waals surface area contributed by atoms with Crippen LogP contribution in [0.15, 0.2) is 36.5 Å². The molecule has 3 aromatic rings. The first kappa shape index (κ1) is 22.1. The Balaban J connectivity index is 1.75. The SMILES string of the molecule is CC(C)Cn1ncc2cc(Oc3ccc(F)cc3F)c(C(=O)ON3C(O)CCC3O)cc21. The number of rotatable bonds is 6. The van der Waals surface area contributed by atoms with Crippen LogP contribution >= 0.6 is 0 Å². The molecule has 2 aromatic carbocycles. The normalized spacial score (nSPS) is 19.1. The summed E-state index contributed by atoms with van der Waals surface area (Å²) in [6.07, 6.45) is -0.238. The summed E-state index contributed by atoms with van der Waals surface area (Å²) in [6.45, 7) is 4.63. The van der Waals surface area contributed by atoms with Crippen molar-refractivity contribution < 1.29 is 33.4 Å². The number of hydroxylamine groups is 2. The first-order chi connectivity index (χ1) is 15.2. The van der Waals surface area contributed by atoms with Crippen LogP contribution in [0, 0.1) is 17.6 Å². The summed E-state index contributed by atoms with van der Waals surface area (Å²) in [5.74, 6) is -2.66. The molecule has 10 heteroatoms. The van der Waals surface area contributed by atoms with Gasteiger partial charge in [0.1, 0.15) is 29.6 Å². The third kappa shape index (κ3) is 4.43. The number of aromatic nitrogens is 2. The standard InChI is InChI=1S/C22H23F2N3O5/c1-12(2)11-26-17-9-15(22(30)32-27-20(28)5-6-21(27)29)19(7-13(17)10-25-26)31-18-4-3-14(23)8-16(18)24/h3-4,7-10,12,20-21,28-29H,5-6,11H2,1-2H3. The van der Waals surface area contributed by atoms with Gasteiger partial charge < -0.3 is 19.8 Å². The first-order valence-corrected chi connectivity index (χ1v) is 10.2. The molecule has 0 bridgehead atoms. The third-order valence-electron chi connectivity index (χ3n) is 5.07. The van der Waals surface area contributed by atoms with Gasteiger partial charge in [-0.05, 0) is 43.0 Å². The number of aliphatic hydroxyl groups is 2. The number of halogens is 2. The van der Waals surface area contributed by atoms with Gasteiger partial charge in [0, 0.05) is 18.0 Å². The molecule has 1 aliphatic rings. The number of aliphatic hydroxyl groups excluding tert-OH is 2. The Labute approximate surface area is 182 Å². The van der Waals surface area contributed by atoms with Crippen LogP contribution in [0.5, 0.6) is 11.5 Å². The summed E-state index contributed by atoms with van der Waals surface area (Å²) >= 11 is 0. The highest BCUT2D eigenvalue weighted by Gasteiger charge is 2.35. The Kier molecular flexibility index (Phi) is 6.09. The van der Waals surface area contributed by atoms with Crippen LogP contribution in [0.1, 0.15) is 37.0 Å². The lowest BCUT2D eigenvalue weighted by atomic mass is 10.1. The molecule has 0 saturated carbocycles. The van der Waals surface area contributed by atoms with Crippen LogP contribution in [0.3, 0.4) is 0 Å². The first-order valence-electron chi connectivity index (χ1n) is 10.2. The van der Waals surface area contributed by atoms with Gasteiger partial charge in [0.15, 0.2) is 11.6 Å². The summed E-state index contributed by atoms with van der Waals surface area (Å²) in [5.41, 5.74) is 0.554. The third-order valence-corrected chi connectivity index (χ3v) is 5.07. The lowest BCUT2D eigenvalue weighted by Gasteiger charge is -2.22. The second kappa shape index (κ2) is 8.81. The van der Waals surface area contributed by atoms with Crippen molar-refractivity contribution in [2.24, 2.45) is 5.92 Å². The van der Waals surface area contributed by atoms with E-state index in [2.05, 4.69) is 5.10 Å². The van der Waals surface area contributed by atoms with Crippen molar-refractivity contribution in [1.82, 2.24) is 14.8 Å². The molecule has 8 nitrogen and oxygen atoms in total. The van der Waals surface area contributed by atoms with E-state index in [1.807, 2.05) is 13.8 Å².